The van der Waals surface area contributed by atoms with E-state index in [9.17, 15) is 5.11 Å². The summed E-state index contributed by atoms with van der Waals surface area (Å²) in [6.45, 7) is 3.33. The molecule has 2 unspecified atom stereocenters. The second-order valence-corrected chi connectivity index (χ2v) is 6.64. The van der Waals surface area contributed by atoms with Crippen molar-refractivity contribution in [3.8, 4) is 0 Å². The van der Waals surface area contributed by atoms with Crippen molar-refractivity contribution in [1.29, 1.82) is 0 Å². The van der Waals surface area contributed by atoms with Crippen molar-refractivity contribution >= 4 is 11.6 Å². The minimum Gasteiger partial charge on any atom is -0.392 e. The Bertz CT molecular complexity index is 682. The normalized spacial score (nSPS) is 26.7. The van der Waals surface area contributed by atoms with E-state index in [-0.39, 0.29) is 12.0 Å². The molecule has 0 radical (unpaired) electrons. The maximum absolute atomic E-state index is 9.37. The summed E-state index contributed by atoms with van der Waals surface area (Å²) in [4.78, 5) is 2.51. The van der Waals surface area contributed by atoms with Crippen LogP contribution in [0.15, 0.2) is 42.5 Å². The molecule has 1 saturated heterocycles. The molecule has 0 spiro atoms. The quantitative estimate of drug-likeness (QED) is 0.919. The summed E-state index contributed by atoms with van der Waals surface area (Å²) in [7, 11) is 0. The molecule has 2 bridgehead atoms. The third-order valence-electron chi connectivity index (χ3n) is 5.01. The zero-order valence-electron chi connectivity index (χ0n) is 11.8. The standard InChI is InChI=1S/C18H18ClNO/c19-16-4-2-15(3-5-16)18-7-8-20(12-18)10-14-9-13(11-21)1-6-17(14)18/h1-6,9,21H,7-8,10-12H2. The Hall–Kier alpha value is -1.35. The first-order valence-electron chi connectivity index (χ1n) is 7.43. The number of hydrogen-bond acceptors (Lipinski definition) is 2. The van der Waals surface area contributed by atoms with Crippen molar-refractivity contribution in [2.24, 2.45) is 0 Å². The van der Waals surface area contributed by atoms with E-state index in [0.29, 0.717) is 0 Å². The molecule has 0 amide bonds. The first-order chi connectivity index (χ1) is 10.2. The molecular formula is C18H18ClNO. The molecule has 2 atom stereocenters. The third kappa shape index (κ3) is 2.02. The van der Waals surface area contributed by atoms with E-state index in [1.165, 1.54) is 16.7 Å². The van der Waals surface area contributed by atoms with Gasteiger partial charge in [0.05, 0.1) is 6.61 Å². The highest BCUT2D eigenvalue weighted by atomic mass is 35.5. The van der Waals surface area contributed by atoms with Crippen LogP contribution in [0, 0.1) is 0 Å². The van der Waals surface area contributed by atoms with Crippen LogP contribution in [0.3, 0.4) is 0 Å². The van der Waals surface area contributed by atoms with E-state index in [0.717, 1.165) is 36.6 Å². The molecule has 0 aliphatic carbocycles. The summed E-state index contributed by atoms with van der Waals surface area (Å²) in [6.07, 6.45) is 1.15. The molecule has 0 saturated carbocycles. The average molecular weight is 300 g/mol. The Morgan fingerprint density at radius 1 is 1.14 bits per heavy atom. The Kier molecular flexibility index (Phi) is 3.07. The molecule has 108 valence electrons. The van der Waals surface area contributed by atoms with Gasteiger partial charge < -0.3 is 5.11 Å². The zero-order chi connectivity index (χ0) is 14.4. The van der Waals surface area contributed by atoms with Gasteiger partial charge in [-0.1, -0.05) is 41.9 Å². The number of aliphatic hydroxyl groups excluding tert-OH is 1. The van der Waals surface area contributed by atoms with Crippen LogP contribution in [-0.2, 0) is 18.6 Å². The monoisotopic (exact) mass is 299 g/mol. The summed E-state index contributed by atoms with van der Waals surface area (Å²) in [5.41, 5.74) is 5.23. The zero-order valence-corrected chi connectivity index (χ0v) is 12.6. The Morgan fingerprint density at radius 3 is 2.71 bits per heavy atom. The van der Waals surface area contributed by atoms with Crippen LogP contribution in [0.2, 0.25) is 5.02 Å². The predicted octanol–water partition coefficient (Wildman–Crippen LogP) is 3.34. The van der Waals surface area contributed by atoms with Crippen molar-refractivity contribution in [3.63, 3.8) is 0 Å². The summed E-state index contributed by atoms with van der Waals surface area (Å²) in [5.74, 6) is 0. The van der Waals surface area contributed by atoms with Gasteiger partial charge in [-0.05, 0) is 47.4 Å². The predicted molar refractivity (Wildman–Crippen MR) is 84.5 cm³/mol. The molecule has 2 aliphatic rings. The van der Waals surface area contributed by atoms with Gasteiger partial charge in [0.25, 0.3) is 0 Å². The van der Waals surface area contributed by atoms with Gasteiger partial charge in [0.2, 0.25) is 0 Å². The maximum Gasteiger partial charge on any atom is 0.0681 e. The fraction of sp³-hybridized carbons (Fsp3) is 0.333. The van der Waals surface area contributed by atoms with Crippen LogP contribution in [0.5, 0.6) is 0 Å². The highest BCUT2D eigenvalue weighted by Gasteiger charge is 2.45. The van der Waals surface area contributed by atoms with Crippen molar-refractivity contribution in [1.82, 2.24) is 4.90 Å². The molecule has 4 rings (SSSR count). The van der Waals surface area contributed by atoms with Gasteiger partial charge in [0.1, 0.15) is 0 Å². The van der Waals surface area contributed by atoms with Gasteiger partial charge in [-0.3, -0.25) is 4.90 Å². The number of fused-ring (bicyclic) bond motifs is 4. The lowest BCUT2D eigenvalue weighted by Crippen LogP contribution is -2.37. The van der Waals surface area contributed by atoms with Crippen LogP contribution >= 0.6 is 11.6 Å². The lowest BCUT2D eigenvalue weighted by atomic mass is 9.71. The van der Waals surface area contributed by atoms with Crippen molar-refractivity contribution in [3.05, 3.63) is 69.7 Å². The van der Waals surface area contributed by atoms with Gasteiger partial charge >= 0.3 is 0 Å². The van der Waals surface area contributed by atoms with Crippen LogP contribution in [0.1, 0.15) is 28.7 Å². The van der Waals surface area contributed by atoms with Crippen LogP contribution in [0.25, 0.3) is 0 Å². The highest BCUT2D eigenvalue weighted by molar-refractivity contribution is 6.30. The third-order valence-corrected chi connectivity index (χ3v) is 5.26. The molecule has 0 aromatic heterocycles. The first-order valence-corrected chi connectivity index (χ1v) is 7.81. The Labute approximate surface area is 130 Å². The lowest BCUT2D eigenvalue weighted by molar-refractivity contribution is 0.278. The SMILES string of the molecule is OCc1ccc2c(c1)CN1CCC2(c2ccc(Cl)cc2)C1. The molecule has 2 aromatic carbocycles. The van der Waals surface area contributed by atoms with E-state index in [2.05, 4.69) is 35.2 Å². The van der Waals surface area contributed by atoms with Crippen molar-refractivity contribution in [2.45, 2.75) is 25.0 Å². The van der Waals surface area contributed by atoms with E-state index in [1.807, 2.05) is 12.1 Å². The molecule has 2 aliphatic heterocycles. The summed E-state index contributed by atoms with van der Waals surface area (Å²) >= 11 is 6.05. The fourth-order valence-corrected chi connectivity index (χ4v) is 4.11. The number of hydrogen-bond donors (Lipinski definition) is 1. The fourth-order valence-electron chi connectivity index (χ4n) is 3.99. The van der Waals surface area contributed by atoms with Gasteiger partial charge in [0, 0.05) is 23.5 Å². The Morgan fingerprint density at radius 2 is 1.95 bits per heavy atom. The average Bonchev–Trinajstić information content (AvgIpc) is 2.86. The van der Waals surface area contributed by atoms with Crippen molar-refractivity contribution in [2.75, 3.05) is 13.1 Å². The van der Waals surface area contributed by atoms with E-state index in [1.54, 1.807) is 0 Å². The molecule has 2 heterocycles. The molecule has 3 heteroatoms. The lowest BCUT2D eigenvalue weighted by Gasteiger charge is -2.37. The number of rotatable bonds is 2. The summed E-state index contributed by atoms with van der Waals surface area (Å²) in [6, 6.07) is 14.8. The number of halogens is 1. The number of nitrogens with zero attached hydrogens (tertiary/aromatic N) is 1. The second-order valence-electron chi connectivity index (χ2n) is 6.20. The largest absolute Gasteiger partial charge is 0.392 e. The topological polar surface area (TPSA) is 23.5 Å². The molecule has 1 fully saturated rings. The van der Waals surface area contributed by atoms with Crippen LogP contribution < -0.4 is 0 Å². The smallest absolute Gasteiger partial charge is 0.0681 e. The molecule has 2 aromatic rings. The number of aliphatic hydroxyl groups is 1. The van der Waals surface area contributed by atoms with Crippen LogP contribution in [0.4, 0.5) is 0 Å². The van der Waals surface area contributed by atoms with Gasteiger partial charge in [-0.2, -0.15) is 0 Å². The minimum absolute atomic E-state index is 0.0894. The van der Waals surface area contributed by atoms with Gasteiger partial charge in [0.15, 0.2) is 0 Å². The molecule has 1 N–H and O–H groups in total. The Balaban J connectivity index is 1.88. The van der Waals surface area contributed by atoms with E-state index < -0.39 is 0 Å². The highest BCUT2D eigenvalue weighted by Crippen LogP contribution is 2.46. The molecular weight excluding hydrogens is 282 g/mol. The van der Waals surface area contributed by atoms with Crippen molar-refractivity contribution < 1.29 is 5.11 Å². The van der Waals surface area contributed by atoms with Gasteiger partial charge in [-0.25, -0.2) is 0 Å². The molecule has 21 heavy (non-hydrogen) atoms. The first kappa shape index (κ1) is 13.3. The van der Waals surface area contributed by atoms with E-state index in [4.69, 9.17) is 11.6 Å². The van der Waals surface area contributed by atoms with Crippen LogP contribution in [-0.4, -0.2) is 23.1 Å². The number of benzene rings is 2. The molecule has 2 nitrogen and oxygen atoms in total. The second kappa shape index (κ2) is 4.84. The summed E-state index contributed by atoms with van der Waals surface area (Å²) < 4.78 is 0. The maximum atomic E-state index is 9.37. The summed E-state index contributed by atoms with van der Waals surface area (Å²) in [5, 5.41) is 10.2. The van der Waals surface area contributed by atoms with Gasteiger partial charge in [-0.15, -0.1) is 0 Å². The van der Waals surface area contributed by atoms with E-state index >= 15 is 0 Å². The minimum atomic E-state index is 0.0894.